The number of pyridine rings is 1. The number of benzene rings is 1. The van der Waals surface area contributed by atoms with Crippen LogP contribution in [0.2, 0.25) is 0 Å². The van der Waals surface area contributed by atoms with Gasteiger partial charge < -0.3 is 15.0 Å². The van der Waals surface area contributed by atoms with E-state index in [1.807, 2.05) is 67.8 Å². The van der Waals surface area contributed by atoms with Crippen LogP contribution in [0, 0.1) is 12.8 Å². The van der Waals surface area contributed by atoms with Crippen LogP contribution in [-0.2, 0) is 11.3 Å². The van der Waals surface area contributed by atoms with Crippen LogP contribution in [0.3, 0.4) is 0 Å². The van der Waals surface area contributed by atoms with E-state index in [0.717, 1.165) is 22.5 Å². The molecule has 0 aliphatic carbocycles. The van der Waals surface area contributed by atoms with Gasteiger partial charge in [0.05, 0.1) is 0 Å². The molecule has 3 rings (SSSR count). The molecule has 0 aliphatic rings. The Morgan fingerprint density at radius 1 is 1.19 bits per heavy atom. The van der Waals surface area contributed by atoms with Gasteiger partial charge in [-0.3, -0.25) is 9.59 Å². The van der Waals surface area contributed by atoms with Crippen molar-refractivity contribution in [2.45, 2.75) is 27.3 Å². The third-order valence-electron chi connectivity index (χ3n) is 4.02. The maximum Gasteiger partial charge on any atom is 0.271 e. The highest BCUT2D eigenvalue weighted by molar-refractivity contribution is 5.93. The highest BCUT2D eigenvalue weighted by Crippen LogP contribution is 2.12. The van der Waals surface area contributed by atoms with Gasteiger partial charge >= 0.3 is 0 Å². The molecule has 0 bridgehead atoms. The Hall–Kier alpha value is -3.15. The number of nitrogens with one attached hydrogen (secondary N) is 2. The maximum absolute atomic E-state index is 12.4. The van der Waals surface area contributed by atoms with Gasteiger partial charge in [0.2, 0.25) is 5.91 Å². The van der Waals surface area contributed by atoms with Gasteiger partial charge in [0.1, 0.15) is 11.3 Å². The molecule has 6 heteroatoms. The Labute approximate surface area is 152 Å². The molecule has 1 aromatic carbocycles. The Kier molecular flexibility index (Phi) is 5.02. The molecular formula is C20H22N4O2. The topological polar surface area (TPSA) is 75.5 Å². The normalized spacial score (nSPS) is 10.9. The summed E-state index contributed by atoms with van der Waals surface area (Å²) in [5.74, 6) is -0.355. The van der Waals surface area contributed by atoms with E-state index in [9.17, 15) is 9.59 Å². The first-order valence-electron chi connectivity index (χ1n) is 8.56. The SMILES string of the molecule is Cc1ccn2cc(C(=O)NCc3cccc(NC(=O)C(C)C)c3)nc2c1. The van der Waals surface area contributed by atoms with E-state index in [4.69, 9.17) is 0 Å². The second-order valence-electron chi connectivity index (χ2n) is 6.62. The molecule has 0 aliphatic heterocycles. The number of imidazole rings is 1. The molecule has 0 atom stereocenters. The minimum atomic E-state index is -0.233. The van der Waals surface area contributed by atoms with Crippen molar-refractivity contribution in [1.82, 2.24) is 14.7 Å². The number of carbonyl (C=O) groups excluding carboxylic acids is 2. The number of aromatic nitrogens is 2. The van der Waals surface area contributed by atoms with E-state index in [1.54, 1.807) is 6.20 Å². The lowest BCUT2D eigenvalue weighted by Crippen LogP contribution is -2.23. The van der Waals surface area contributed by atoms with E-state index < -0.39 is 0 Å². The van der Waals surface area contributed by atoms with Crippen LogP contribution in [0.1, 0.15) is 35.5 Å². The molecular weight excluding hydrogens is 328 g/mol. The van der Waals surface area contributed by atoms with Crippen molar-refractivity contribution in [1.29, 1.82) is 0 Å². The van der Waals surface area contributed by atoms with Crippen molar-refractivity contribution in [3.05, 3.63) is 65.6 Å². The van der Waals surface area contributed by atoms with Crippen molar-refractivity contribution < 1.29 is 9.59 Å². The Balaban J connectivity index is 1.66. The fourth-order valence-corrected chi connectivity index (χ4v) is 2.51. The second kappa shape index (κ2) is 7.39. The summed E-state index contributed by atoms with van der Waals surface area (Å²) in [6.07, 6.45) is 3.60. The molecule has 26 heavy (non-hydrogen) atoms. The first-order valence-corrected chi connectivity index (χ1v) is 8.56. The van der Waals surface area contributed by atoms with Crippen LogP contribution in [-0.4, -0.2) is 21.2 Å². The molecule has 2 heterocycles. The molecule has 0 fully saturated rings. The molecule has 0 radical (unpaired) electrons. The monoisotopic (exact) mass is 350 g/mol. The molecule has 2 aromatic heterocycles. The first kappa shape index (κ1) is 17.7. The predicted molar refractivity (Wildman–Crippen MR) is 101 cm³/mol. The molecule has 134 valence electrons. The van der Waals surface area contributed by atoms with Gasteiger partial charge in [-0.25, -0.2) is 4.98 Å². The zero-order chi connectivity index (χ0) is 18.7. The lowest BCUT2D eigenvalue weighted by Gasteiger charge is -2.09. The molecule has 2 N–H and O–H groups in total. The zero-order valence-corrected chi connectivity index (χ0v) is 15.1. The van der Waals surface area contributed by atoms with Crippen molar-refractivity contribution in [2.24, 2.45) is 5.92 Å². The van der Waals surface area contributed by atoms with Crippen LogP contribution in [0.4, 0.5) is 5.69 Å². The van der Waals surface area contributed by atoms with Gasteiger partial charge in [-0.15, -0.1) is 0 Å². The average molecular weight is 350 g/mol. The number of aryl methyl sites for hydroxylation is 1. The van der Waals surface area contributed by atoms with Crippen LogP contribution in [0.15, 0.2) is 48.8 Å². The Bertz CT molecular complexity index is 959. The van der Waals surface area contributed by atoms with Crippen molar-refractivity contribution in [3.8, 4) is 0 Å². The standard InChI is InChI=1S/C20H22N4O2/c1-13(2)19(25)22-16-6-4-5-15(10-16)11-21-20(26)17-12-24-8-7-14(3)9-18(24)23-17/h4-10,12-13H,11H2,1-3H3,(H,21,26)(H,22,25). The van der Waals surface area contributed by atoms with Gasteiger partial charge in [-0.05, 0) is 42.3 Å². The molecule has 0 saturated carbocycles. The third-order valence-corrected chi connectivity index (χ3v) is 4.02. The highest BCUT2D eigenvalue weighted by Gasteiger charge is 2.11. The maximum atomic E-state index is 12.4. The number of rotatable bonds is 5. The largest absolute Gasteiger partial charge is 0.347 e. The van der Waals surface area contributed by atoms with Gasteiger partial charge in [-0.1, -0.05) is 26.0 Å². The van der Waals surface area contributed by atoms with Crippen LogP contribution >= 0.6 is 0 Å². The van der Waals surface area contributed by atoms with Crippen molar-refractivity contribution >= 4 is 23.1 Å². The average Bonchev–Trinajstić information content (AvgIpc) is 3.03. The van der Waals surface area contributed by atoms with E-state index in [-0.39, 0.29) is 17.7 Å². The van der Waals surface area contributed by atoms with Gasteiger partial charge in [0.15, 0.2) is 0 Å². The lowest BCUT2D eigenvalue weighted by atomic mass is 10.1. The molecule has 3 aromatic rings. The summed E-state index contributed by atoms with van der Waals surface area (Å²) < 4.78 is 1.82. The fraction of sp³-hybridized carbons (Fsp3) is 0.250. The Morgan fingerprint density at radius 2 is 2.00 bits per heavy atom. The Morgan fingerprint density at radius 3 is 2.77 bits per heavy atom. The summed E-state index contributed by atoms with van der Waals surface area (Å²) in [5, 5.41) is 5.72. The van der Waals surface area contributed by atoms with Gasteiger partial charge in [0.25, 0.3) is 5.91 Å². The van der Waals surface area contributed by atoms with E-state index in [1.165, 1.54) is 0 Å². The minimum absolute atomic E-state index is 0.0359. The number of carbonyl (C=O) groups is 2. The van der Waals surface area contributed by atoms with E-state index in [0.29, 0.717) is 12.2 Å². The summed E-state index contributed by atoms with van der Waals surface area (Å²) >= 11 is 0. The van der Waals surface area contributed by atoms with Crippen molar-refractivity contribution in [2.75, 3.05) is 5.32 Å². The van der Waals surface area contributed by atoms with Crippen molar-refractivity contribution in [3.63, 3.8) is 0 Å². The number of anilines is 1. The third kappa shape index (κ3) is 4.08. The number of fused-ring (bicyclic) bond motifs is 1. The van der Waals surface area contributed by atoms with Crippen LogP contribution in [0.25, 0.3) is 5.65 Å². The zero-order valence-electron chi connectivity index (χ0n) is 15.1. The molecule has 0 spiro atoms. The number of hydrogen-bond acceptors (Lipinski definition) is 3. The summed E-state index contributed by atoms with van der Waals surface area (Å²) in [6.45, 7) is 6.03. The van der Waals surface area contributed by atoms with E-state index in [2.05, 4.69) is 15.6 Å². The summed E-state index contributed by atoms with van der Waals surface area (Å²) in [7, 11) is 0. The minimum Gasteiger partial charge on any atom is -0.347 e. The first-order chi connectivity index (χ1) is 12.4. The van der Waals surface area contributed by atoms with E-state index >= 15 is 0 Å². The highest BCUT2D eigenvalue weighted by atomic mass is 16.2. The second-order valence-corrected chi connectivity index (χ2v) is 6.62. The summed E-state index contributed by atoms with van der Waals surface area (Å²) in [6, 6.07) is 11.3. The van der Waals surface area contributed by atoms with Gasteiger partial charge in [-0.2, -0.15) is 0 Å². The summed E-state index contributed by atoms with van der Waals surface area (Å²) in [5.41, 5.74) is 3.84. The molecule has 0 saturated heterocycles. The molecule has 6 nitrogen and oxygen atoms in total. The lowest BCUT2D eigenvalue weighted by molar-refractivity contribution is -0.118. The van der Waals surface area contributed by atoms with Gasteiger partial charge in [0, 0.05) is 30.5 Å². The molecule has 2 amide bonds. The quantitative estimate of drug-likeness (QED) is 0.742. The number of hydrogen-bond donors (Lipinski definition) is 2. The van der Waals surface area contributed by atoms with Crippen LogP contribution in [0.5, 0.6) is 0 Å². The predicted octanol–water partition coefficient (Wildman–Crippen LogP) is 3.17. The molecule has 0 unspecified atom stereocenters. The summed E-state index contributed by atoms with van der Waals surface area (Å²) in [4.78, 5) is 28.5. The smallest absolute Gasteiger partial charge is 0.271 e. The fourth-order valence-electron chi connectivity index (χ4n) is 2.51. The number of nitrogens with zero attached hydrogens (tertiary/aromatic N) is 2. The number of amides is 2. The van der Waals surface area contributed by atoms with Crippen LogP contribution < -0.4 is 10.6 Å².